The Morgan fingerprint density at radius 2 is 1.97 bits per heavy atom. The van der Waals surface area contributed by atoms with Crippen molar-refractivity contribution in [3.8, 4) is 11.3 Å². The van der Waals surface area contributed by atoms with Gasteiger partial charge in [0.1, 0.15) is 5.82 Å². The summed E-state index contributed by atoms with van der Waals surface area (Å²) < 4.78 is 19.3. The highest BCUT2D eigenvalue weighted by molar-refractivity contribution is 5.99. The second-order valence-electron chi connectivity index (χ2n) is 8.92. The lowest BCUT2D eigenvalue weighted by atomic mass is 10.0. The number of rotatable bonds is 10. The van der Waals surface area contributed by atoms with E-state index >= 15 is 0 Å². The van der Waals surface area contributed by atoms with Gasteiger partial charge in [-0.15, -0.1) is 0 Å². The molecule has 7 heteroatoms. The Morgan fingerprint density at radius 1 is 1.14 bits per heavy atom. The van der Waals surface area contributed by atoms with E-state index < -0.39 is 0 Å². The molecule has 0 aliphatic rings. The third-order valence-corrected chi connectivity index (χ3v) is 6.22. The summed E-state index contributed by atoms with van der Waals surface area (Å²) in [6.45, 7) is 6.02. The number of carbonyl (C=O) groups excluding carboxylic acids is 1. The number of H-pyrrole nitrogens is 1. The average molecular weight is 477 g/mol. The lowest BCUT2D eigenvalue weighted by Gasteiger charge is -2.19. The fourth-order valence-electron chi connectivity index (χ4n) is 4.46. The Hall–Kier alpha value is -3.45. The van der Waals surface area contributed by atoms with Crippen LogP contribution in [0.15, 0.2) is 42.5 Å². The molecule has 2 aromatic heterocycles. The number of unbranched alkanes of at least 4 members (excludes halogenated alkanes) is 2. The molecule has 6 nitrogen and oxygen atoms in total. The molecule has 2 aromatic carbocycles. The number of anilines is 1. The summed E-state index contributed by atoms with van der Waals surface area (Å²) in [5.74, 6) is -0.627. The number of esters is 1. The smallest absolute Gasteiger partial charge is 0.338 e. The summed E-state index contributed by atoms with van der Waals surface area (Å²) in [6, 6.07) is 12.6. The third-order valence-electron chi connectivity index (χ3n) is 6.22. The highest BCUT2D eigenvalue weighted by atomic mass is 19.1. The maximum absolute atomic E-state index is 14.1. The van der Waals surface area contributed by atoms with Crippen LogP contribution in [0.4, 0.5) is 10.1 Å². The second-order valence-corrected chi connectivity index (χ2v) is 8.92. The number of benzene rings is 2. The van der Waals surface area contributed by atoms with E-state index in [1.807, 2.05) is 31.2 Å². The van der Waals surface area contributed by atoms with Gasteiger partial charge in [-0.05, 0) is 68.9 Å². The predicted octanol–water partition coefficient (Wildman–Crippen LogP) is 6.36. The molecule has 0 saturated heterocycles. The van der Waals surface area contributed by atoms with Gasteiger partial charge in [-0.2, -0.15) is 0 Å². The van der Waals surface area contributed by atoms with E-state index in [0.717, 1.165) is 51.7 Å². The normalized spacial score (nSPS) is 11.5. The fraction of sp³-hybridized carbons (Fsp3) is 0.357. The Bertz CT molecular complexity index is 1350. The molecule has 0 radical (unpaired) electrons. The number of fused-ring (bicyclic) bond motifs is 2. The number of halogens is 1. The zero-order chi connectivity index (χ0) is 24.9. The molecular formula is C28H33FN4O2. The van der Waals surface area contributed by atoms with Gasteiger partial charge < -0.3 is 19.9 Å². The average Bonchev–Trinajstić information content (AvgIpc) is 3.25. The number of nitrogens with zero attached hydrogens (tertiary/aromatic N) is 2. The largest absolute Gasteiger partial charge is 0.462 e. The van der Waals surface area contributed by atoms with Crippen molar-refractivity contribution in [3.63, 3.8) is 0 Å². The van der Waals surface area contributed by atoms with Crippen LogP contribution in [0, 0.1) is 5.82 Å². The van der Waals surface area contributed by atoms with Gasteiger partial charge in [-0.25, -0.2) is 14.2 Å². The van der Waals surface area contributed by atoms with Crippen molar-refractivity contribution in [1.29, 1.82) is 0 Å². The SMILES string of the molecule is CCCCCN(C)Cc1cc(C(=O)OCC)ccc1-c1cc2nc3c(NC)cc(F)cc3cc2[nH]1. The van der Waals surface area contributed by atoms with Gasteiger partial charge >= 0.3 is 5.97 Å². The first-order valence-corrected chi connectivity index (χ1v) is 12.2. The van der Waals surface area contributed by atoms with Crippen LogP contribution in [-0.4, -0.2) is 48.1 Å². The van der Waals surface area contributed by atoms with Crippen molar-refractivity contribution < 1.29 is 13.9 Å². The van der Waals surface area contributed by atoms with E-state index in [0.29, 0.717) is 24.4 Å². The number of ether oxygens (including phenoxy) is 1. The Balaban J connectivity index is 1.76. The summed E-state index contributed by atoms with van der Waals surface area (Å²) in [6.07, 6.45) is 3.50. The molecule has 35 heavy (non-hydrogen) atoms. The zero-order valence-corrected chi connectivity index (χ0v) is 20.9. The summed E-state index contributed by atoms with van der Waals surface area (Å²) in [7, 11) is 3.86. The topological polar surface area (TPSA) is 70.2 Å². The maximum atomic E-state index is 14.1. The van der Waals surface area contributed by atoms with E-state index in [1.165, 1.54) is 25.0 Å². The van der Waals surface area contributed by atoms with Gasteiger partial charge in [-0.1, -0.05) is 25.8 Å². The van der Waals surface area contributed by atoms with Crippen molar-refractivity contribution in [2.24, 2.45) is 0 Å². The standard InChI is InChI=1S/C28H33FN4O2/c1-5-7-8-11-33(4)17-20-12-18(28(34)35-6-2)9-10-22(20)23-16-25-24(31-23)14-19-13-21(29)15-26(30-3)27(19)32-25/h9-10,12-16,30-31H,5-8,11,17H2,1-4H3. The summed E-state index contributed by atoms with van der Waals surface area (Å²) >= 11 is 0. The molecule has 4 aromatic rings. The number of hydrogen-bond acceptors (Lipinski definition) is 5. The highest BCUT2D eigenvalue weighted by Gasteiger charge is 2.16. The van der Waals surface area contributed by atoms with E-state index in [1.54, 1.807) is 13.1 Å². The molecular weight excluding hydrogens is 443 g/mol. The van der Waals surface area contributed by atoms with Crippen LogP contribution in [0.25, 0.3) is 33.2 Å². The number of carbonyl (C=O) groups is 1. The third kappa shape index (κ3) is 5.46. The van der Waals surface area contributed by atoms with Crippen LogP contribution in [0.1, 0.15) is 49.0 Å². The summed E-state index contributed by atoms with van der Waals surface area (Å²) in [4.78, 5) is 23.0. The quantitative estimate of drug-likeness (QED) is 0.206. The number of aromatic amines is 1. The first-order chi connectivity index (χ1) is 16.9. The van der Waals surface area contributed by atoms with Crippen molar-refractivity contribution in [2.45, 2.75) is 39.7 Å². The Kier molecular flexibility index (Phi) is 7.66. The monoisotopic (exact) mass is 476 g/mol. The number of hydrogen-bond donors (Lipinski definition) is 2. The van der Waals surface area contributed by atoms with Gasteiger partial charge in [0.25, 0.3) is 0 Å². The first kappa shape index (κ1) is 24.7. The molecule has 2 heterocycles. The van der Waals surface area contributed by atoms with Crippen molar-refractivity contribution in [1.82, 2.24) is 14.9 Å². The van der Waals surface area contributed by atoms with Gasteiger partial charge in [0.2, 0.25) is 0 Å². The molecule has 0 aliphatic carbocycles. The molecule has 0 saturated carbocycles. The molecule has 2 N–H and O–H groups in total. The summed E-state index contributed by atoms with van der Waals surface area (Å²) in [5, 5.41) is 3.76. The minimum Gasteiger partial charge on any atom is -0.462 e. The molecule has 0 fully saturated rings. The Morgan fingerprint density at radius 3 is 2.71 bits per heavy atom. The second kappa shape index (κ2) is 10.9. The van der Waals surface area contributed by atoms with Crippen LogP contribution >= 0.6 is 0 Å². The summed E-state index contributed by atoms with van der Waals surface area (Å²) in [5.41, 5.74) is 6.49. The van der Waals surface area contributed by atoms with Crippen molar-refractivity contribution in [2.75, 3.05) is 32.6 Å². The van der Waals surface area contributed by atoms with Crippen molar-refractivity contribution >= 4 is 33.6 Å². The molecule has 0 bridgehead atoms. The van der Waals surface area contributed by atoms with Crippen LogP contribution < -0.4 is 5.32 Å². The van der Waals surface area contributed by atoms with E-state index in [2.05, 4.69) is 29.2 Å². The molecule has 0 spiro atoms. The van der Waals surface area contributed by atoms with Crippen molar-refractivity contribution in [3.05, 3.63) is 59.4 Å². The predicted molar refractivity (Wildman–Crippen MR) is 140 cm³/mol. The van der Waals surface area contributed by atoms with E-state index in [-0.39, 0.29) is 11.8 Å². The molecule has 0 unspecified atom stereocenters. The number of aromatic nitrogens is 2. The molecule has 4 rings (SSSR count). The van der Waals surface area contributed by atoms with E-state index in [9.17, 15) is 9.18 Å². The molecule has 184 valence electrons. The van der Waals surface area contributed by atoms with Gasteiger partial charge in [-0.3, -0.25) is 0 Å². The maximum Gasteiger partial charge on any atom is 0.338 e. The molecule has 0 atom stereocenters. The molecule has 0 aliphatic heterocycles. The highest BCUT2D eigenvalue weighted by Crippen LogP contribution is 2.32. The first-order valence-electron chi connectivity index (χ1n) is 12.2. The minimum atomic E-state index is -0.319. The zero-order valence-electron chi connectivity index (χ0n) is 20.9. The van der Waals surface area contributed by atoms with Gasteiger partial charge in [0.15, 0.2) is 0 Å². The minimum absolute atomic E-state index is 0.308. The van der Waals surface area contributed by atoms with Crippen LogP contribution in [-0.2, 0) is 11.3 Å². The van der Waals surface area contributed by atoms with Gasteiger partial charge in [0.05, 0.1) is 34.4 Å². The van der Waals surface area contributed by atoms with E-state index in [4.69, 9.17) is 9.72 Å². The lowest BCUT2D eigenvalue weighted by molar-refractivity contribution is 0.0526. The Labute approximate surface area is 205 Å². The molecule has 0 amide bonds. The fourth-order valence-corrected chi connectivity index (χ4v) is 4.46. The number of nitrogens with one attached hydrogen (secondary N) is 2. The van der Waals surface area contributed by atoms with Crippen LogP contribution in [0.5, 0.6) is 0 Å². The van der Waals surface area contributed by atoms with Crippen LogP contribution in [0.3, 0.4) is 0 Å². The van der Waals surface area contributed by atoms with Crippen LogP contribution in [0.2, 0.25) is 0 Å². The lowest BCUT2D eigenvalue weighted by Crippen LogP contribution is -2.20. The number of pyridine rings is 1. The van der Waals surface area contributed by atoms with Gasteiger partial charge in [0, 0.05) is 30.2 Å².